The SMILES string of the molecule is N#CC1CCCC1NCCc1ccc(F)cc1. The quantitative estimate of drug-likeness (QED) is 0.866. The summed E-state index contributed by atoms with van der Waals surface area (Å²) < 4.78 is 12.7. The number of rotatable bonds is 4. The molecule has 0 heterocycles. The van der Waals surface area contributed by atoms with Gasteiger partial charge in [-0.05, 0) is 43.5 Å². The first-order chi connectivity index (χ1) is 8.29. The molecule has 90 valence electrons. The van der Waals surface area contributed by atoms with E-state index < -0.39 is 0 Å². The first-order valence-electron chi connectivity index (χ1n) is 6.17. The smallest absolute Gasteiger partial charge is 0.123 e. The summed E-state index contributed by atoms with van der Waals surface area (Å²) in [5.74, 6) is -0.0229. The average molecular weight is 232 g/mol. The molecule has 2 atom stereocenters. The number of halogens is 1. The fourth-order valence-corrected chi connectivity index (χ4v) is 2.41. The molecule has 1 N–H and O–H groups in total. The summed E-state index contributed by atoms with van der Waals surface area (Å²) in [7, 11) is 0. The van der Waals surface area contributed by atoms with E-state index in [1.807, 2.05) is 12.1 Å². The highest BCUT2D eigenvalue weighted by molar-refractivity contribution is 5.16. The minimum Gasteiger partial charge on any atom is -0.312 e. The van der Waals surface area contributed by atoms with Gasteiger partial charge >= 0.3 is 0 Å². The molecule has 2 rings (SSSR count). The monoisotopic (exact) mass is 232 g/mol. The first-order valence-corrected chi connectivity index (χ1v) is 6.17. The Morgan fingerprint density at radius 2 is 2.06 bits per heavy atom. The second kappa shape index (κ2) is 5.79. The molecule has 17 heavy (non-hydrogen) atoms. The number of nitriles is 1. The van der Waals surface area contributed by atoms with E-state index in [0.29, 0.717) is 6.04 Å². The van der Waals surface area contributed by atoms with Crippen molar-refractivity contribution in [3.8, 4) is 6.07 Å². The molecule has 1 aromatic rings. The predicted molar refractivity (Wildman–Crippen MR) is 64.8 cm³/mol. The molecule has 0 radical (unpaired) electrons. The van der Waals surface area contributed by atoms with Crippen LogP contribution in [0.5, 0.6) is 0 Å². The topological polar surface area (TPSA) is 35.8 Å². The van der Waals surface area contributed by atoms with Crippen molar-refractivity contribution in [3.63, 3.8) is 0 Å². The van der Waals surface area contributed by atoms with Crippen molar-refractivity contribution >= 4 is 0 Å². The average Bonchev–Trinajstić information content (AvgIpc) is 2.79. The van der Waals surface area contributed by atoms with Crippen LogP contribution in [-0.2, 0) is 6.42 Å². The molecule has 1 saturated carbocycles. The zero-order chi connectivity index (χ0) is 12.1. The Morgan fingerprint density at radius 3 is 2.76 bits per heavy atom. The molecular weight excluding hydrogens is 215 g/mol. The fourth-order valence-electron chi connectivity index (χ4n) is 2.41. The molecule has 1 aromatic carbocycles. The number of nitrogens with zero attached hydrogens (tertiary/aromatic N) is 1. The lowest BCUT2D eigenvalue weighted by Gasteiger charge is -2.15. The van der Waals surface area contributed by atoms with Crippen LogP contribution in [0.15, 0.2) is 24.3 Å². The van der Waals surface area contributed by atoms with Crippen LogP contribution < -0.4 is 5.32 Å². The van der Waals surface area contributed by atoms with Gasteiger partial charge in [0.15, 0.2) is 0 Å². The first kappa shape index (κ1) is 12.1. The minimum atomic E-state index is -0.193. The van der Waals surface area contributed by atoms with Crippen molar-refractivity contribution in [1.29, 1.82) is 5.26 Å². The summed E-state index contributed by atoms with van der Waals surface area (Å²) >= 11 is 0. The van der Waals surface area contributed by atoms with Gasteiger partial charge in [0.25, 0.3) is 0 Å². The third-order valence-electron chi connectivity index (χ3n) is 3.42. The maximum atomic E-state index is 12.7. The number of nitrogens with one attached hydrogen (secondary N) is 1. The Kier molecular flexibility index (Phi) is 4.11. The Labute approximate surface area is 101 Å². The van der Waals surface area contributed by atoms with E-state index in [1.165, 1.54) is 12.1 Å². The van der Waals surface area contributed by atoms with Gasteiger partial charge in [0, 0.05) is 6.04 Å². The largest absolute Gasteiger partial charge is 0.312 e. The van der Waals surface area contributed by atoms with Crippen LogP contribution in [0.1, 0.15) is 24.8 Å². The van der Waals surface area contributed by atoms with E-state index in [0.717, 1.165) is 37.8 Å². The van der Waals surface area contributed by atoms with E-state index >= 15 is 0 Å². The molecule has 0 bridgehead atoms. The van der Waals surface area contributed by atoms with Gasteiger partial charge in [0.1, 0.15) is 5.82 Å². The van der Waals surface area contributed by atoms with Crippen molar-refractivity contribution < 1.29 is 4.39 Å². The zero-order valence-corrected chi connectivity index (χ0v) is 9.82. The molecule has 3 heteroatoms. The minimum absolute atomic E-state index is 0.170. The molecule has 1 aliphatic rings. The molecule has 2 unspecified atom stereocenters. The van der Waals surface area contributed by atoms with E-state index in [1.54, 1.807) is 0 Å². The number of hydrogen-bond acceptors (Lipinski definition) is 2. The Balaban J connectivity index is 1.76. The van der Waals surface area contributed by atoms with Gasteiger partial charge in [-0.3, -0.25) is 0 Å². The number of hydrogen-bond donors (Lipinski definition) is 1. The van der Waals surface area contributed by atoms with Gasteiger partial charge in [-0.25, -0.2) is 4.39 Å². The van der Waals surface area contributed by atoms with Gasteiger partial charge in [-0.2, -0.15) is 5.26 Å². The highest BCUT2D eigenvalue weighted by atomic mass is 19.1. The molecule has 1 aliphatic carbocycles. The lowest BCUT2D eigenvalue weighted by Crippen LogP contribution is -2.33. The maximum Gasteiger partial charge on any atom is 0.123 e. The summed E-state index contributed by atoms with van der Waals surface area (Å²) in [5, 5.41) is 12.4. The molecule has 0 amide bonds. The summed E-state index contributed by atoms with van der Waals surface area (Å²) in [5.41, 5.74) is 1.13. The van der Waals surface area contributed by atoms with Crippen molar-refractivity contribution in [2.24, 2.45) is 5.92 Å². The lowest BCUT2D eigenvalue weighted by atomic mass is 10.1. The van der Waals surface area contributed by atoms with Gasteiger partial charge < -0.3 is 5.32 Å². The summed E-state index contributed by atoms with van der Waals surface area (Å²) in [6, 6.07) is 9.31. The van der Waals surface area contributed by atoms with Gasteiger partial charge in [-0.1, -0.05) is 18.6 Å². The van der Waals surface area contributed by atoms with Crippen LogP contribution >= 0.6 is 0 Å². The van der Waals surface area contributed by atoms with Crippen LogP contribution in [-0.4, -0.2) is 12.6 Å². The van der Waals surface area contributed by atoms with Crippen LogP contribution in [0.25, 0.3) is 0 Å². The lowest BCUT2D eigenvalue weighted by molar-refractivity contribution is 0.468. The Bertz CT molecular complexity index is 394. The molecule has 0 spiro atoms. The molecule has 0 aromatic heterocycles. The fraction of sp³-hybridized carbons (Fsp3) is 0.500. The Morgan fingerprint density at radius 1 is 1.29 bits per heavy atom. The van der Waals surface area contributed by atoms with Gasteiger partial charge in [0.2, 0.25) is 0 Å². The van der Waals surface area contributed by atoms with Crippen LogP contribution in [0.3, 0.4) is 0 Å². The van der Waals surface area contributed by atoms with Crippen LogP contribution in [0.2, 0.25) is 0 Å². The highest BCUT2D eigenvalue weighted by Gasteiger charge is 2.25. The van der Waals surface area contributed by atoms with Crippen molar-refractivity contribution in [3.05, 3.63) is 35.6 Å². The van der Waals surface area contributed by atoms with E-state index in [9.17, 15) is 4.39 Å². The zero-order valence-electron chi connectivity index (χ0n) is 9.82. The van der Waals surface area contributed by atoms with E-state index in [2.05, 4.69) is 11.4 Å². The van der Waals surface area contributed by atoms with Crippen LogP contribution in [0.4, 0.5) is 4.39 Å². The van der Waals surface area contributed by atoms with Gasteiger partial charge in [0.05, 0.1) is 12.0 Å². The molecular formula is C14H17FN2. The van der Waals surface area contributed by atoms with Crippen LogP contribution in [0, 0.1) is 23.1 Å². The number of benzene rings is 1. The third-order valence-corrected chi connectivity index (χ3v) is 3.42. The predicted octanol–water partition coefficient (Wildman–Crippen LogP) is 2.65. The standard InChI is InChI=1S/C14H17FN2/c15-13-6-4-11(5-7-13)8-9-17-14-3-1-2-12(14)10-16/h4-7,12,14,17H,1-3,8-9H2. The van der Waals surface area contributed by atoms with Crippen molar-refractivity contribution in [2.75, 3.05) is 6.54 Å². The third kappa shape index (κ3) is 3.28. The van der Waals surface area contributed by atoms with Crippen molar-refractivity contribution in [1.82, 2.24) is 5.32 Å². The highest BCUT2D eigenvalue weighted by Crippen LogP contribution is 2.24. The second-order valence-electron chi connectivity index (χ2n) is 4.60. The molecule has 2 nitrogen and oxygen atoms in total. The summed E-state index contributed by atoms with van der Waals surface area (Å²) in [6.45, 7) is 0.856. The van der Waals surface area contributed by atoms with E-state index in [4.69, 9.17) is 5.26 Å². The second-order valence-corrected chi connectivity index (χ2v) is 4.60. The molecule has 0 aliphatic heterocycles. The molecule has 0 saturated heterocycles. The van der Waals surface area contributed by atoms with Crippen molar-refractivity contribution in [2.45, 2.75) is 31.7 Å². The molecule has 1 fully saturated rings. The summed E-state index contributed by atoms with van der Waals surface area (Å²) in [4.78, 5) is 0. The van der Waals surface area contributed by atoms with Gasteiger partial charge in [-0.15, -0.1) is 0 Å². The normalized spacial score (nSPS) is 23.5. The maximum absolute atomic E-state index is 12.7. The van der Waals surface area contributed by atoms with E-state index in [-0.39, 0.29) is 11.7 Å². The summed E-state index contributed by atoms with van der Waals surface area (Å²) in [6.07, 6.45) is 4.15. The Hall–Kier alpha value is -1.40.